The number of allylic oxidation sites excluding steroid dienone is 2. The zero-order valence-electron chi connectivity index (χ0n) is 15.0. The summed E-state index contributed by atoms with van der Waals surface area (Å²) in [5, 5.41) is 10.8. The van der Waals surface area contributed by atoms with Gasteiger partial charge in [0.05, 0.1) is 17.3 Å². The minimum Gasteiger partial charge on any atom is -0.395 e. The molecule has 0 saturated carbocycles. The van der Waals surface area contributed by atoms with Crippen LogP contribution in [-0.4, -0.2) is 70.1 Å². The maximum absolute atomic E-state index is 12.8. The fourth-order valence-corrected chi connectivity index (χ4v) is 3.18. The largest absolute Gasteiger partial charge is 0.395 e. The highest BCUT2D eigenvalue weighted by Crippen LogP contribution is 2.11. The molecule has 1 aromatic rings. The van der Waals surface area contributed by atoms with E-state index in [1.54, 1.807) is 12.2 Å². The number of β-amino-alcohol motifs (C(OH)–C–C–N with tert-alkyl or cyclic N) is 1. The van der Waals surface area contributed by atoms with Crippen molar-refractivity contribution in [1.82, 2.24) is 19.8 Å². The highest BCUT2D eigenvalue weighted by molar-refractivity contribution is 6.33. The van der Waals surface area contributed by atoms with Crippen LogP contribution in [0.5, 0.6) is 0 Å². The van der Waals surface area contributed by atoms with Crippen molar-refractivity contribution in [2.45, 2.75) is 20.3 Å². The van der Waals surface area contributed by atoms with Crippen LogP contribution in [0.2, 0.25) is 0 Å². The molecule has 0 aromatic carbocycles. The highest BCUT2D eigenvalue weighted by atomic mass is 35.5. The summed E-state index contributed by atoms with van der Waals surface area (Å²) < 4.78 is 0. The predicted molar refractivity (Wildman–Crippen MR) is 101 cm³/mol. The third kappa shape index (κ3) is 5.42. The summed E-state index contributed by atoms with van der Waals surface area (Å²) >= 11 is 6.01. The molecule has 0 spiro atoms. The predicted octanol–water partition coefficient (Wildman–Crippen LogP) is 0.519. The van der Waals surface area contributed by atoms with E-state index in [-0.39, 0.29) is 12.5 Å². The number of nitrogens with zero attached hydrogens (tertiary/aromatic N) is 3. The standard InChI is InChI=1S/C18H27ClN4O2/c1-4-15(19)10-16-14(3)20-17(21-16)18(25)23-7-5-6-22(8-9-24)11-13(2)12-23/h4,10,13,24H,3,5-9,11-12H2,1-2H3,(H,20,21)/b15-4+,16-10+. The normalized spacial score (nSPS) is 21.3. The van der Waals surface area contributed by atoms with Gasteiger partial charge in [-0.05, 0) is 31.9 Å². The number of nitrogens with one attached hydrogen (secondary N) is 1. The van der Waals surface area contributed by atoms with Crippen LogP contribution in [0.15, 0.2) is 11.1 Å². The Kier molecular flexibility index (Phi) is 7.23. The molecule has 1 aliphatic rings. The average molecular weight is 367 g/mol. The van der Waals surface area contributed by atoms with Gasteiger partial charge in [-0.15, -0.1) is 0 Å². The topological polar surface area (TPSA) is 72.5 Å². The van der Waals surface area contributed by atoms with Crippen molar-refractivity contribution < 1.29 is 9.90 Å². The Morgan fingerprint density at radius 2 is 2.24 bits per heavy atom. The first kappa shape index (κ1) is 19.7. The number of carbonyl (C=O) groups is 1. The molecule has 1 amide bonds. The number of halogens is 1. The summed E-state index contributed by atoms with van der Waals surface area (Å²) in [5.74, 6) is 0.522. The number of rotatable bonds is 4. The second-order valence-electron chi connectivity index (χ2n) is 6.50. The number of aliphatic hydroxyl groups is 1. The number of imidazole rings is 1. The van der Waals surface area contributed by atoms with Crippen molar-refractivity contribution in [2.75, 3.05) is 39.3 Å². The zero-order valence-corrected chi connectivity index (χ0v) is 15.7. The number of aromatic amines is 1. The molecule has 0 bridgehead atoms. The van der Waals surface area contributed by atoms with Gasteiger partial charge in [0, 0.05) is 31.2 Å². The van der Waals surface area contributed by atoms with Crippen molar-refractivity contribution in [1.29, 1.82) is 0 Å². The number of amides is 1. The molecule has 1 aromatic heterocycles. The van der Waals surface area contributed by atoms with Crippen LogP contribution in [0.1, 0.15) is 30.9 Å². The van der Waals surface area contributed by atoms with E-state index in [2.05, 4.69) is 28.4 Å². The third-order valence-electron chi connectivity index (χ3n) is 4.27. The lowest BCUT2D eigenvalue weighted by Gasteiger charge is -2.33. The minimum absolute atomic E-state index is 0.108. The monoisotopic (exact) mass is 366 g/mol. The number of aromatic nitrogens is 2. The maximum atomic E-state index is 12.8. The van der Waals surface area contributed by atoms with Crippen molar-refractivity contribution in [3.63, 3.8) is 0 Å². The molecule has 1 saturated heterocycles. The molecule has 0 radical (unpaired) electrons. The number of hydrogen-bond acceptors (Lipinski definition) is 4. The minimum atomic E-state index is -0.108. The Labute approximate surface area is 153 Å². The van der Waals surface area contributed by atoms with Gasteiger partial charge in [0.25, 0.3) is 5.91 Å². The van der Waals surface area contributed by atoms with Gasteiger partial charge in [0.15, 0.2) is 5.82 Å². The van der Waals surface area contributed by atoms with Gasteiger partial charge in [0.1, 0.15) is 0 Å². The summed E-state index contributed by atoms with van der Waals surface area (Å²) in [5.41, 5.74) is 0. The Morgan fingerprint density at radius 1 is 1.48 bits per heavy atom. The quantitative estimate of drug-likeness (QED) is 0.815. The Morgan fingerprint density at radius 3 is 2.92 bits per heavy atom. The molecule has 2 rings (SSSR count). The Bertz CT molecular complexity index is 728. The first-order valence-electron chi connectivity index (χ1n) is 8.65. The zero-order chi connectivity index (χ0) is 18.4. The van der Waals surface area contributed by atoms with Crippen LogP contribution < -0.4 is 10.7 Å². The molecular weight excluding hydrogens is 340 g/mol. The molecule has 25 heavy (non-hydrogen) atoms. The summed E-state index contributed by atoms with van der Waals surface area (Å²) in [6.45, 7) is 11.8. The van der Waals surface area contributed by atoms with Crippen molar-refractivity contribution in [3.05, 3.63) is 27.6 Å². The van der Waals surface area contributed by atoms with Crippen LogP contribution in [0.25, 0.3) is 12.7 Å². The van der Waals surface area contributed by atoms with Gasteiger partial charge in [-0.2, -0.15) is 0 Å². The van der Waals surface area contributed by atoms with E-state index in [1.807, 2.05) is 11.8 Å². The van der Waals surface area contributed by atoms with Crippen molar-refractivity contribution in [2.24, 2.45) is 5.92 Å². The fraction of sp³-hybridized carbons (Fsp3) is 0.556. The van der Waals surface area contributed by atoms with Crippen LogP contribution in [-0.2, 0) is 0 Å². The van der Waals surface area contributed by atoms with Crippen LogP contribution in [0.4, 0.5) is 0 Å². The highest BCUT2D eigenvalue weighted by Gasteiger charge is 2.24. The summed E-state index contributed by atoms with van der Waals surface area (Å²) in [6, 6.07) is 0. The maximum Gasteiger partial charge on any atom is 0.289 e. The van der Waals surface area contributed by atoms with E-state index >= 15 is 0 Å². The number of H-pyrrole nitrogens is 1. The van der Waals surface area contributed by atoms with Gasteiger partial charge >= 0.3 is 0 Å². The molecule has 1 fully saturated rings. The smallest absolute Gasteiger partial charge is 0.289 e. The average Bonchev–Trinajstić information content (AvgIpc) is 2.92. The molecule has 1 atom stereocenters. The molecule has 6 nitrogen and oxygen atoms in total. The lowest BCUT2D eigenvalue weighted by molar-refractivity contribution is 0.0649. The van der Waals surface area contributed by atoms with Crippen LogP contribution in [0, 0.1) is 5.92 Å². The van der Waals surface area contributed by atoms with Crippen molar-refractivity contribution in [3.8, 4) is 0 Å². The van der Waals surface area contributed by atoms with Crippen LogP contribution >= 0.6 is 11.6 Å². The molecule has 1 aliphatic heterocycles. The van der Waals surface area contributed by atoms with Crippen molar-refractivity contribution >= 4 is 30.2 Å². The van der Waals surface area contributed by atoms with Gasteiger partial charge in [-0.3, -0.25) is 4.79 Å². The number of aliphatic hydroxyl groups excluding tert-OH is 1. The molecule has 7 heteroatoms. The van der Waals surface area contributed by atoms with E-state index in [9.17, 15) is 4.79 Å². The van der Waals surface area contributed by atoms with E-state index in [1.165, 1.54) is 0 Å². The van der Waals surface area contributed by atoms with E-state index < -0.39 is 0 Å². The molecular formula is C18H27ClN4O2. The van der Waals surface area contributed by atoms with E-state index in [0.29, 0.717) is 47.1 Å². The molecule has 0 aliphatic carbocycles. The number of hydrogen-bond donors (Lipinski definition) is 2. The van der Waals surface area contributed by atoms with E-state index in [4.69, 9.17) is 16.7 Å². The van der Waals surface area contributed by atoms with Gasteiger partial charge in [-0.1, -0.05) is 31.2 Å². The molecule has 138 valence electrons. The lowest BCUT2D eigenvalue weighted by atomic mass is 10.1. The first-order chi connectivity index (χ1) is 11.9. The first-order valence-corrected chi connectivity index (χ1v) is 9.03. The number of carbonyl (C=O) groups excluding carboxylic acids is 1. The van der Waals surface area contributed by atoms with Gasteiger partial charge < -0.3 is 19.9 Å². The summed E-state index contributed by atoms with van der Waals surface area (Å²) in [7, 11) is 0. The summed E-state index contributed by atoms with van der Waals surface area (Å²) in [6.07, 6.45) is 4.33. The van der Waals surface area contributed by atoms with Gasteiger partial charge in [-0.25, -0.2) is 4.98 Å². The Hall–Kier alpha value is -1.63. The van der Waals surface area contributed by atoms with Crippen LogP contribution in [0.3, 0.4) is 0 Å². The molecule has 1 unspecified atom stereocenters. The van der Waals surface area contributed by atoms with Gasteiger partial charge in [0.2, 0.25) is 0 Å². The Balaban J connectivity index is 2.14. The summed E-state index contributed by atoms with van der Waals surface area (Å²) in [4.78, 5) is 24.3. The third-order valence-corrected chi connectivity index (χ3v) is 4.60. The molecule has 2 heterocycles. The second kappa shape index (κ2) is 9.17. The lowest BCUT2D eigenvalue weighted by Crippen LogP contribution is -2.44. The SMILES string of the molecule is C=c1[nH]c(C(=O)N2CCCN(CCO)CC(C)C2)n/c1=C/C(Cl)=C\C. The molecule has 2 N–H and O–H groups in total. The van der Waals surface area contributed by atoms with E-state index in [0.717, 1.165) is 19.5 Å². The fourth-order valence-electron chi connectivity index (χ4n) is 3.08. The second-order valence-corrected chi connectivity index (χ2v) is 6.94.